The molecule has 1 aromatic rings. The molecule has 2 atom stereocenters. The third-order valence-corrected chi connectivity index (χ3v) is 5.56. The van der Waals surface area contributed by atoms with E-state index in [4.69, 9.17) is 5.73 Å². The lowest BCUT2D eigenvalue weighted by atomic mass is 9.74. The third-order valence-electron chi connectivity index (χ3n) is 5.56. The highest BCUT2D eigenvalue weighted by Crippen LogP contribution is 2.31. The molecule has 7 nitrogen and oxygen atoms in total. The maximum atomic E-state index is 12.5. The summed E-state index contributed by atoms with van der Waals surface area (Å²) in [6.45, 7) is 3.46. The lowest BCUT2D eigenvalue weighted by Crippen LogP contribution is -2.52. The van der Waals surface area contributed by atoms with E-state index in [-0.39, 0.29) is 42.6 Å². The topological polar surface area (TPSA) is 105 Å². The number of rotatable bonds is 4. The van der Waals surface area contributed by atoms with Crippen molar-refractivity contribution in [3.63, 3.8) is 0 Å². The zero-order chi connectivity index (χ0) is 19.4. The summed E-state index contributed by atoms with van der Waals surface area (Å²) in [5.41, 5.74) is 7.31. The van der Waals surface area contributed by atoms with E-state index in [9.17, 15) is 14.4 Å². The van der Waals surface area contributed by atoms with Crippen LogP contribution in [0.5, 0.6) is 0 Å². The second-order valence-electron chi connectivity index (χ2n) is 7.80. The highest BCUT2D eigenvalue weighted by molar-refractivity contribution is 5.97. The Balaban J connectivity index is 0.00000280. The number of carbonyl (C=O) groups is 3. The first-order valence-corrected chi connectivity index (χ1v) is 9.58. The average molecular weight is 409 g/mol. The third kappa shape index (κ3) is 5.23. The number of nitrogens with two attached hydrogens (primary N) is 1. The van der Waals surface area contributed by atoms with Crippen molar-refractivity contribution in [2.75, 3.05) is 19.6 Å². The van der Waals surface area contributed by atoms with Crippen molar-refractivity contribution in [2.24, 2.45) is 11.7 Å². The number of carbonyl (C=O) groups excluding carboxylic acids is 3. The standard InChI is InChI=1S/C20H28N4O3.ClH/c1-20(21)9-3-2-4-16(20)18(26)23-12-14-5-7-15(8-6-14)19(27)24-11-10-22-17(25)13-24;/h5-8,16H,2-4,9-13,21H2,1H3,(H,22,25)(H,23,26);1H. The molecule has 154 valence electrons. The van der Waals surface area contributed by atoms with Crippen LogP contribution in [0.15, 0.2) is 24.3 Å². The highest BCUT2D eigenvalue weighted by atomic mass is 35.5. The first-order valence-electron chi connectivity index (χ1n) is 9.58. The van der Waals surface area contributed by atoms with Crippen molar-refractivity contribution in [1.82, 2.24) is 15.5 Å². The predicted octanol–water partition coefficient (Wildman–Crippen LogP) is 1.20. The number of piperazine rings is 1. The number of nitrogens with zero attached hydrogens (tertiary/aromatic N) is 1. The van der Waals surface area contributed by atoms with Crippen LogP contribution in [0.4, 0.5) is 0 Å². The van der Waals surface area contributed by atoms with Gasteiger partial charge in [-0.2, -0.15) is 0 Å². The summed E-state index contributed by atoms with van der Waals surface area (Å²) in [7, 11) is 0. The quantitative estimate of drug-likeness (QED) is 0.696. The molecule has 3 rings (SSSR count). The molecule has 1 saturated heterocycles. The first kappa shape index (κ1) is 22.2. The van der Waals surface area contributed by atoms with Crippen LogP contribution in [0.3, 0.4) is 0 Å². The summed E-state index contributed by atoms with van der Waals surface area (Å²) in [6.07, 6.45) is 3.81. The summed E-state index contributed by atoms with van der Waals surface area (Å²) < 4.78 is 0. The van der Waals surface area contributed by atoms with E-state index in [0.29, 0.717) is 25.2 Å². The van der Waals surface area contributed by atoms with Gasteiger partial charge in [0, 0.05) is 30.7 Å². The molecule has 1 heterocycles. The van der Waals surface area contributed by atoms with E-state index in [2.05, 4.69) is 10.6 Å². The summed E-state index contributed by atoms with van der Waals surface area (Å²) in [4.78, 5) is 37.9. The largest absolute Gasteiger partial charge is 0.353 e. The summed E-state index contributed by atoms with van der Waals surface area (Å²) in [6, 6.07) is 7.15. The van der Waals surface area contributed by atoms with Gasteiger partial charge in [-0.05, 0) is 37.5 Å². The molecule has 1 aliphatic carbocycles. The van der Waals surface area contributed by atoms with E-state index in [1.54, 1.807) is 17.0 Å². The van der Waals surface area contributed by atoms with Crippen LogP contribution in [0.25, 0.3) is 0 Å². The van der Waals surface area contributed by atoms with Crippen molar-refractivity contribution in [3.8, 4) is 0 Å². The number of nitrogens with one attached hydrogen (secondary N) is 2. The molecule has 28 heavy (non-hydrogen) atoms. The maximum absolute atomic E-state index is 12.5. The van der Waals surface area contributed by atoms with E-state index in [0.717, 1.165) is 31.2 Å². The van der Waals surface area contributed by atoms with Gasteiger partial charge < -0.3 is 21.3 Å². The van der Waals surface area contributed by atoms with Crippen LogP contribution in [-0.2, 0) is 16.1 Å². The normalized spacial score (nSPS) is 24.7. The van der Waals surface area contributed by atoms with Gasteiger partial charge in [0.25, 0.3) is 5.91 Å². The van der Waals surface area contributed by atoms with Gasteiger partial charge in [-0.25, -0.2) is 0 Å². The van der Waals surface area contributed by atoms with Crippen LogP contribution >= 0.6 is 12.4 Å². The zero-order valence-electron chi connectivity index (χ0n) is 16.2. The van der Waals surface area contributed by atoms with E-state index in [1.165, 1.54) is 0 Å². The molecule has 1 aromatic carbocycles. The molecule has 3 amide bonds. The number of benzene rings is 1. The van der Waals surface area contributed by atoms with Crippen molar-refractivity contribution in [1.29, 1.82) is 0 Å². The van der Waals surface area contributed by atoms with Crippen molar-refractivity contribution in [2.45, 2.75) is 44.7 Å². The van der Waals surface area contributed by atoms with Crippen molar-refractivity contribution in [3.05, 3.63) is 35.4 Å². The van der Waals surface area contributed by atoms with Crippen molar-refractivity contribution >= 4 is 30.1 Å². The Bertz CT molecular complexity index is 721. The molecule has 2 unspecified atom stereocenters. The molecular formula is C20H29ClN4O3. The fourth-order valence-electron chi connectivity index (χ4n) is 3.86. The Morgan fingerprint density at radius 3 is 2.64 bits per heavy atom. The van der Waals surface area contributed by atoms with Gasteiger partial charge in [0.05, 0.1) is 12.5 Å². The SMILES string of the molecule is CC1(N)CCCCC1C(=O)NCc1ccc(C(=O)N2CCNC(=O)C2)cc1.Cl. The molecule has 0 aromatic heterocycles. The highest BCUT2D eigenvalue weighted by Gasteiger charge is 2.37. The van der Waals surface area contributed by atoms with Gasteiger partial charge in [-0.3, -0.25) is 14.4 Å². The van der Waals surface area contributed by atoms with Gasteiger partial charge in [0.2, 0.25) is 11.8 Å². The first-order chi connectivity index (χ1) is 12.9. The minimum absolute atomic E-state index is 0. The molecule has 2 fully saturated rings. The summed E-state index contributed by atoms with van der Waals surface area (Å²) in [5, 5.41) is 5.68. The fourth-order valence-corrected chi connectivity index (χ4v) is 3.86. The number of hydrogen-bond acceptors (Lipinski definition) is 4. The number of amides is 3. The Hall–Kier alpha value is -2.12. The molecule has 2 aliphatic rings. The fraction of sp³-hybridized carbons (Fsp3) is 0.550. The molecule has 8 heteroatoms. The second-order valence-corrected chi connectivity index (χ2v) is 7.80. The zero-order valence-corrected chi connectivity index (χ0v) is 17.0. The average Bonchev–Trinajstić information content (AvgIpc) is 2.65. The summed E-state index contributed by atoms with van der Waals surface area (Å²) >= 11 is 0. The van der Waals surface area contributed by atoms with Crippen LogP contribution in [0.1, 0.15) is 48.5 Å². The second kappa shape index (κ2) is 9.39. The minimum atomic E-state index is -0.445. The monoisotopic (exact) mass is 408 g/mol. The van der Waals surface area contributed by atoms with Crippen LogP contribution < -0.4 is 16.4 Å². The Labute approximate surface area is 171 Å². The predicted molar refractivity (Wildman–Crippen MR) is 109 cm³/mol. The molecule has 4 N–H and O–H groups in total. The van der Waals surface area contributed by atoms with Crippen LogP contribution in [-0.4, -0.2) is 47.8 Å². The van der Waals surface area contributed by atoms with Gasteiger partial charge >= 0.3 is 0 Å². The lowest BCUT2D eigenvalue weighted by Gasteiger charge is -2.37. The molecular weight excluding hydrogens is 380 g/mol. The Kier molecular flexibility index (Phi) is 7.43. The lowest BCUT2D eigenvalue weighted by molar-refractivity contribution is -0.128. The number of hydrogen-bond donors (Lipinski definition) is 3. The van der Waals surface area contributed by atoms with Crippen molar-refractivity contribution < 1.29 is 14.4 Å². The molecule has 0 spiro atoms. The minimum Gasteiger partial charge on any atom is -0.353 e. The molecule has 0 radical (unpaired) electrons. The Morgan fingerprint density at radius 1 is 1.29 bits per heavy atom. The van der Waals surface area contributed by atoms with E-state index < -0.39 is 5.54 Å². The maximum Gasteiger partial charge on any atom is 0.254 e. The van der Waals surface area contributed by atoms with Gasteiger partial charge in [-0.1, -0.05) is 25.0 Å². The van der Waals surface area contributed by atoms with E-state index in [1.807, 2.05) is 19.1 Å². The van der Waals surface area contributed by atoms with Gasteiger partial charge in [0.1, 0.15) is 0 Å². The molecule has 1 aliphatic heterocycles. The van der Waals surface area contributed by atoms with Crippen LogP contribution in [0.2, 0.25) is 0 Å². The Morgan fingerprint density at radius 2 is 2.00 bits per heavy atom. The van der Waals surface area contributed by atoms with Gasteiger partial charge in [-0.15, -0.1) is 12.4 Å². The van der Waals surface area contributed by atoms with Gasteiger partial charge in [0.15, 0.2) is 0 Å². The van der Waals surface area contributed by atoms with E-state index >= 15 is 0 Å². The molecule has 0 bridgehead atoms. The van der Waals surface area contributed by atoms with Crippen LogP contribution in [0, 0.1) is 5.92 Å². The molecule has 1 saturated carbocycles. The number of halogens is 1. The summed E-state index contributed by atoms with van der Waals surface area (Å²) in [5.74, 6) is -0.443. The smallest absolute Gasteiger partial charge is 0.254 e.